The maximum absolute atomic E-state index is 12.0. The summed E-state index contributed by atoms with van der Waals surface area (Å²) in [5.74, 6) is -0.187. The van der Waals surface area contributed by atoms with Crippen LogP contribution in [0.5, 0.6) is 0 Å². The molecule has 1 amide bonds. The van der Waals surface area contributed by atoms with E-state index in [9.17, 15) is 4.79 Å². The first-order chi connectivity index (χ1) is 8.54. The molecule has 0 saturated carbocycles. The third-order valence-corrected chi connectivity index (χ3v) is 2.65. The van der Waals surface area contributed by atoms with Crippen molar-refractivity contribution < 1.29 is 4.79 Å². The third-order valence-electron chi connectivity index (χ3n) is 2.46. The van der Waals surface area contributed by atoms with E-state index in [1.807, 2.05) is 31.2 Å². The number of pyridine rings is 1. The maximum atomic E-state index is 12.0. The lowest BCUT2D eigenvalue weighted by molar-refractivity contribution is 0.102. The highest BCUT2D eigenvalue weighted by Gasteiger charge is 2.08. The molecule has 0 unspecified atom stereocenters. The van der Waals surface area contributed by atoms with Gasteiger partial charge in [0.2, 0.25) is 0 Å². The number of rotatable bonds is 2. The highest BCUT2D eigenvalue weighted by atomic mass is 35.5. The molecular formula is C14H13ClN2O. The number of benzene rings is 1. The van der Waals surface area contributed by atoms with E-state index >= 15 is 0 Å². The summed E-state index contributed by atoms with van der Waals surface area (Å²) in [4.78, 5) is 16.1. The Kier molecular flexibility index (Phi) is 3.63. The molecule has 1 N–H and O–H groups in total. The molecule has 0 atom stereocenters. The van der Waals surface area contributed by atoms with Gasteiger partial charge < -0.3 is 5.32 Å². The number of carbonyl (C=O) groups excluding carboxylic acids is 1. The fourth-order valence-electron chi connectivity index (χ4n) is 1.69. The van der Waals surface area contributed by atoms with E-state index in [2.05, 4.69) is 10.3 Å². The molecule has 0 aliphatic carbocycles. The summed E-state index contributed by atoms with van der Waals surface area (Å²) in [6, 6.07) is 10.9. The number of hydrogen-bond donors (Lipinski definition) is 1. The van der Waals surface area contributed by atoms with Crippen molar-refractivity contribution in [2.75, 3.05) is 5.32 Å². The van der Waals surface area contributed by atoms with Crippen LogP contribution in [0, 0.1) is 13.8 Å². The molecule has 1 aromatic heterocycles. The lowest BCUT2D eigenvalue weighted by Crippen LogP contribution is -2.12. The van der Waals surface area contributed by atoms with Crippen molar-refractivity contribution in [3.8, 4) is 0 Å². The van der Waals surface area contributed by atoms with E-state index in [-0.39, 0.29) is 5.91 Å². The number of aromatic nitrogens is 1. The van der Waals surface area contributed by atoms with E-state index in [1.165, 1.54) is 0 Å². The Balaban J connectivity index is 2.22. The standard InChI is InChI=1S/C14H13ClN2O/c1-9-4-3-5-12(6-9)17-14(18)11-7-10(2)16-13(15)8-11/h3-8H,1-2H3,(H,17,18). The Hall–Kier alpha value is -1.87. The highest BCUT2D eigenvalue weighted by molar-refractivity contribution is 6.29. The van der Waals surface area contributed by atoms with Gasteiger partial charge >= 0.3 is 0 Å². The molecule has 2 rings (SSSR count). The molecule has 0 aliphatic rings. The second-order valence-corrected chi connectivity index (χ2v) is 4.53. The van der Waals surface area contributed by atoms with Gasteiger partial charge in [0.05, 0.1) is 0 Å². The molecule has 0 bridgehead atoms. The van der Waals surface area contributed by atoms with E-state index in [0.717, 1.165) is 16.9 Å². The first-order valence-corrected chi connectivity index (χ1v) is 5.94. The van der Waals surface area contributed by atoms with E-state index in [0.29, 0.717) is 10.7 Å². The molecule has 0 aliphatic heterocycles. The van der Waals surface area contributed by atoms with Crippen molar-refractivity contribution in [1.82, 2.24) is 4.98 Å². The summed E-state index contributed by atoms with van der Waals surface area (Å²) in [7, 11) is 0. The van der Waals surface area contributed by atoms with Crippen LogP contribution >= 0.6 is 11.6 Å². The van der Waals surface area contributed by atoms with Crippen molar-refractivity contribution in [1.29, 1.82) is 0 Å². The van der Waals surface area contributed by atoms with Crippen LogP contribution in [0.2, 0.25) is 5.15 Å². The monoisotopic (exact) mass is 260 g/mol. The molecule has 0 radical (unpaired) electrons. The van der Waals surface area contributed by atoms with Gasteiger partial charge in [0.15, 0.2) is 0 Å². The van der Waals surface area contributed by atoms with Crippen LogP contribution in [0.3, 0.4) is 0 Å². The summed E-state index contributed by atoms with van der Waals surface area (Å²) < 4.78 is 0. The summed E-state index contributed by atoms with van der Waals surface area (Å²) >= 11 is 5.83. The first kappa shape index (κ1) is 12.6. The van der Waals surface area contributed by atoms with Gasteiger partial charge in [-0.25, -0.2) is 4.98 Å². The van der Waals surface area contributed by atoms with Crippen LogP contribution < -0.4 is 5.32 Å². The minimum atomic E-state index is -0.187. The number of aryl methyl sites for hydroxylation is 2. The number of anilines is 1. The van der Waals surface area contributed by atoms with Gasteiger partial charge in [-0.2, -0.15) is 0 Å². The topological polar surface area (TPSA) is 42.0 Å². The molecule has 4 heteroatoms. The summed E-state index contributed by atoms with van der Waals surface area (Å²) in [5, 5.41) is 3.15. The Morgan fingerprint density at radius 1 is 1.22 bits per heavy atom. The number of hydrogen-bond acceptors (Lipinski definition) is 2. The largest absolute Gasteiger partial charge is 0.322 e. The second kappa shape index (κ2) is 5.19. The predicted octanol–water partition coefficient (Wildman–Crippen LogP) is 3.60. The van der Waals surface area contributed by atoms with Gasteiger partial charge in [-0.1, -0.05) is 23.7 Å². The van der Waals surface area contributed by atoms with Crippen LogP contribution in [0.4, 0.5) is 5.69 Å². The minimum absolute atomic E-state index is 0.187. The van der Waals surface area contributed by atoms with Crippen molar-refractivity contribution in [2.45, 2.75) is 13.8 Å². The summed E-state index contributed by atoms with van der Waals surface area (Å²) in [6.07, 6.45) is 0. The van der Waals surface area contributed by atoms with Crippen molar-refractivity contribution in [3.63, 3.8) is 0 Å². The molecule has 92 valence electrons. The summed E-state index contributed by atoms with van der Waals surface area (Å²) in [5.41, 5.74) is 3.09. The average molecular weight is 261 g/mol. The van der Waals surface area contributed by atoms with Gasteiger partial charge in [-0.3, -0.25) is 4.79 Å². The van der Waals surface area contributed by atoms with Gasteiger partial charge in [-0.15, -0.1) is 0 Å². The van der Waals surface area contributed by atoms with Crippen LogP contribution in [0.25, 0.3) is 0 Å². The number of nitrogens with zero attached hydrogens (tertiary/aromatic N) is 1. The van der Waals surface area contributed by atoms with Crippen molar-refractivity contribution in [2.24, 2.45) is 0 Å². The van der Waals surface area contributed by atoms with Gasteiger partial charge in [0.1, 0.15) is 5.15 Å². The lowest BCUT2D eigenvalue weighted by Gasteiger charge is -2.06. The van der Waals surface area contributed by atoms with Crippen LogP contribution in [-0.4, -0.2) is 10.9 Å². The van der Waals surface area contributed by atoms with Crippen LogP contribution in [-0.2, 0) is 0 Å². The lowest BCUT2D eigenvalue weighted by atomic mass is 10.2. The zero-order chi connectivity index (χ0) is 13.1. The Morgan fingerprint density at radius 3 is 2.67 bits per heavy atom. The predicted molar refractivity (Wildman–Crippen MR) is 73.1 cm³/mol. The molecule has 2 aromatic rings. The fourth-order valence-corrected chi connectivity index (χ4v) is 1.94. The number of amides is 1. The van der Waals surface area contributed by atoms with Crippen LogP contribution in [0.15, 0.2) is 36.4 Å². The van der Waals surface area contributed by atoms with Gasteiger partial charge in [0.25, 0.3) is 5.91 Å². The third kappa shape index (κ3) is 3.08. The quantitative estimate of drug-likeness (QED) is 0.839. The highest BCUT2D eigenvalue weighted by Crippen LogP contribution is 2.14. The van der Waals surface area contributed by atoms with Crippen LogP contribution in [0.1, 0.15) is 21.6 Å². The SMILES string of the molecule is Cc1cccc(NC(=O)c2cc(C)nc(Cl)c2)c1. The number of nitrogens with one attached hydrogen (secondary N) is 1. The average Bonchev–Trinajstić information content (AvgIpc) is 2.27. The Bertz CT molecular complexity index is 576. The Labute approximate surface area is 111 Å². The molecule has 0 spiro atoms. The molecule has 1 heterocycles. The van der Waals surface area contributed by atoms with E-state index < -0.39 is 0 Å². The Morgan fingerprint density at radius 2 is 2.00 bits per heavy atom. The first-order valence-electron chi connectivity index (χ1n) is 5.57. The van der Waals surface area contributed by atoms with Gasteiger partial charge in [-0.05, 0) is 43.7 Å². The van der Waals surface area contributed by atoms with Crippen molar-refractivity contribution >= 4 is 23.2 Å². The zero-order valence-electron chi connectivity index (χ0n) is 10.2. The van der Waals surface area contributed by atoms with E-state index in [4.69, 9.17) is 11.6 Å². The molecular weight excluding hydrogens is 248 g/mol. The van der Waals surface area contributed by atoms with Crippen molar-refractivity contribution in [3.05, 3.63) is 58.4 Å². The second-order valence-electron chi connectivity index (χ2n) is 4.14. The van der Waals surface area contributed by atoms with Gasteiger partial charge in [0, 0.05) is 16.9 Å². The molecule has 0 fully saturated rings. The number of carbonyl (C=O) groups is 1. The maximum Gasteiger partial charge on any atom is 0.255 e. The van der Waals surface area contributed by atoms with E-state index in [1.54, 1.807) is 19.1 Å². The minimum Gasteiger partial charge on any atom is -0.322 e. The molecule has 3 nitrogen and oxygen atoms in total. The zero-order valence-corrected chi connectivity index (χ0v) is 11.0. The molecule has 0 saturated heterocycles. The summed E-state index contributed by atoms with van der Waals surface area (Å²) in [6.45, 7) is 3.78. The molecule has 1 aromatic carbocycles. The smallest absolute Gasteiger partial charge is 0.255 e. The fraction of sp³-hybridized carbons (Fsp3) is 0.143. The molecule has 18 heavy (non-hydrogen) atoms. The number of halogens is 1. The normalized spacial score (nSPS) is 10.2.